The molecule has 0 aliphatic rings. The number of anilines is 1. The van der Waals surface area contributed by atoms with Crippen molar-refractivity contribution in [3.05, 3.63) is 71.3 Å². The van der Waals surface area contributed by atoms with E-state index in [4.69, 9.17) is 5.73 Å². The van der Waals surface area contributed by atoms with Gasteiger partial charge in [-0.1, -0.05) is 36.4 Å². The summed E-state index contributed by atoms with van der Waals surface area (Å²) in [5.41, 5.74) is 9.60. The van der Waals surface area contributed by atoms with Crippen LogP contribution < -0.4 is 11.1 Å². The van der Waals surface area contributed by atoms with Gasteiger partial charge in [0, 0.05) is 11.8 Å². The smallest absolute Gasteiger partial charge is 0.244 e. The summed E-state index contributed by atoms with van der Waals surface area (Å²) < 4.78 is 0. The predicted molar refractivity (Wildman–Crippen MR) is 87.6 cm³/mol. The Morgan fingerprint density at radius 2 is 1.95 bits per heavy atom. The molecule has 0 aliphatic heterocycles. The maximum Gasteiger partial charge on any atom is 0.244 e. The minimum Gasteiger partial charge on any atom is -0.399 e. The van der Waals surface area contributed by atoms with Crippen LogP contribution in [0, 0.1) is 6.92 Å². The van der Waals surface area contributed by atoms with E-state index in [-0.39, 0.29) is 11.9 Å². The Morgan fingerprint density at radius 3 is 2.67 bits per heavy atom. The molecule has 1 amide bonds. The number of aryl methyl sites for hydroxylation is 1. The van der Waals surface area contributed by atoms with E-state index in [0.29, 0.717) is 5.69 Å². The summed E-state index contributed by atoms with van der Waals surface area (Å²) in [6.07, 6.45) is 3.29. The largest absolute Gasteiger partial charge is 0.399 e. The molecule has 0 heterocycles. The van der Waals surface area contributed by atoms with Crippen LogP contribution in [0.1, 0.15) is 29.7 Å². The number of benzene rings is 2. The van der Waals surface area contributed by atoms with E-state index in [0.717, 1.165) is 11.1 Å². The van der Waals surface area contributed by atoms with Gasteiger partial charge in [-0.2, -0.15) is 0 Å². The predicted octanol–water partition coefficient (Wildman–Crippen LogP) is 3.47. The molecule has 1 atom stereocenters. The van der Waals surface area contributed by atoms with Crippen molar-refractivity contribution in [1.82, 2.24) is 5.32 Å². The minimum atomic E-state index is -0.117. The Kier molecular flexibility index (Phi) is 4.77. The van der Waals surface area contributed by atoms with Crippen molar-refractivity contribution in [3.63, 3.8) is 0 Å². The fourth-order valence-electron chi connectivity index (χ4n) is 2.25. The quantitative estimate of drug-likeness (QED) is 0.665. The van der Waals surface area contributed by atoms with Gasteiger partial charge in [-0.3, -0.25) is 4.79 Å². The van der Waals surface area contributed by atoms with E-state index in [2.05, 4.69) is 5.32 Å². The molecular weight excluding hydrogens is 260 g/mol. The Morgan fingerprint density at radius 1 is 1.19 bits per heavy atom. The van der Waals surface area contributed by atoms with Gasteiger partial charge in [-0.05, 0) is 48.7 Å². The van der Waals surface area contributed by atoms with Gasteiger partial charge in [0.2, 0.25) is 5.91 Å². The number of nitrogens with two attached hydrogens (primary N) is 1. The molecule has 0 aromatic heterocycles. The highest BCUT2D eigenvalue weighted by molar-refractivity contribution is 5.92. The van der Waals surface area contributed by atoms with Crippen LogP contribution in [0.4, 0.5) is 5.69 Å². The second-order valence-electron chi connectivity index (χ2n) is 5.09. The van der Waals surface area contributed by atoms with Gasteiger partial charge in [0.1, 0.15) is 0 Å². The fourth-order valence-corrected chi connectivity index (χ4v) is 2.25. The van der Waals surface area contributed by atoms with E-state index in [9.17, 15) is 4.79 Å². The summed E-state index contributed by atoms with van der Waals surface area (Å²) in [6, 6.07) is 15.4. The van der Waals surface area contributed by atoms with Crippen molar-refractivity contribution in [2.24, 2.45) is 0 Å². The zero-order valence-electron chi connectivity index (χ0n) is 12.3. The normalized spacial score (nSPS) is 12.3. The standard InChI is InChI=1S/C18H20N2O/c1-13-6-3-4-9-17(13)14(2)20-18(21)11-10-15-7-5-8-16(19)12-15/h3-12,14H,19H2,1-2H3,(H,20,21)/b11-10+/t14-/m1/s1. The highest BCUT2D eigenvalue weighted by Crippen LogP contribution is 2.16. The number of hydrogen-bond acceptors (Lipinski definition) is 2. The number of hydrogen-bond donors (Lipinski definition) is 2. The second-order valence-corrected chi connectivity index (χ2v) is 5.09. The number of amides is 1. The van der Waals surface area contributed by atoms with Crippen molar-refractivity contribution < 1.29 is 4.79 Å². The molecule has 3 nitrogen and oxygen atoms in total. The summed E-state index contributed by atoms with van der Waals surface area (Å²) in [4.78, 5) is 12.0. The number of carbonyl (C=O) groups excluding carboxylic acids is 1. The molecule has 0 spiro atoms. The molecule has 0 unspecified atom stereocenters. The van der Waals surface area contributed by atoms with Crippen molar-refractivity contribution in [2.75, 3.05) is 5.73 Å². The van der Waals surface area contributed by atoms with Crippen molar-refractivity contribution in [1.29, 1.82) is 0 Å². The third-order valence-electron chi connectivity index (χ3n) is 3.35. The summed E-state index contributed by atoms with van der Waals surface area (Å²) in [5.74, 6) is -0.117. The zero-order chi connectivity index (χ0) is 15.2. The van der Waals surface area contributed by atoms with Crippen LogP contribution in [0.3, 0.4) is 0 Å². The molecular formula is C18H20N2O. The van der Waals surface area contributed by atoms with Crippen molar-refractivity contribution >= 4 is 17.7 Å². The minimum absolute atomic E-state index is 0.0239. The monoisotopic (exact) mass is 280 g/mol. The Hall–Kier alpha value is -2.55. The van der Waals surface area contributed by atoms with Crippen LogP contribution in [-0.4, -0.2) is 5.91 Å². The molecule has 0 bridgehead atoms. The average Bonchev–Trinajstić information content (AvgIpc) is 2.45. The molecule has 2 rings (SSSR count). The highest BCUT2D eigenvalue weighted by Gasteiger charge is 2.09. The Balaban J connectivity index is 2.00. The van der Waals surface area contributed by atoms with Crippen LogP contribution in [-0.2, 0) is 4.79 Å². The molecule has 3 N–H and O–H groups in total. The summed E-state index contributed by atoms with van der Waals surface area (Å²) in [5, 5.41) is 2.96. The molecule has 2 aromatic carbocycles. The van der Waals surface area contributed by atoms with Crippen LogP contribution in [0.2, 0.25) is 0 Å². The number of nitrogens with one attached hydrogen (secondary N) is 1. The van der Waals surface area contributed by atoms with E-state index in [1.165, 1.54) is 11.6 Å². The summed E-state index contributed by atoms with van der Waals surface area (Å²) >= 11 is 0. The highest BCUT2D eigenvalue weighted by atomic mass is 16.1. The van der Waals surface area contributed by atoms with Gasteiger partial charge in [0.05, 0.1) is 6.04 Å². The van der Waals surface area contributed by atoms with Crippen LogP contribution in [0.5, 0.6) is 0 Å². The third kappa shape index (κ3) is 4.21. The number of nitrogen functional groups attached to an aromatic ring is 1. The van der Waals surface area contributed by atoms with Gasteiger partial charge in [-0.25, -0.2) is 0 Å². The van der Waals surface area contributed by atoms with Gasteiger partial charge >= 0.3 is 0 Å². The average molecular weight is 280 g/mol. The first kappa shape index (κ1) is 14.9. The van der Waals surface area contributed by atoms with E-state index >= 15 is 0 Å². The van der Waals surface area contributed by atoms with Gasteiger partial charge < -0.3 is 11.1 Å². The van der Waals surface area contributed by atoms with Gasteiger partial charge in [-0.15, -0.1) is 0 Å². The first-order valence-corrected chi connectivity index (χ1v) is 6.96. The SMILES string of the molecule is Cc1ccccc1[C@@H](C)NC(=O)/C=C/c1cccc(N)c1. The van der Waals surface area contributed by atoms with E-state index in [1.807, 2.05) is 62.4 Å². The molecule has 21 heavy (non-hydrogen) atoms. The molecule has 3 heteroatoms. The van der Waals surface area contributed by atoms with Crippen molar-refractivity contribution in [3.8, 4) is 0 Å². The topological polar surface area (TPSA) is 55.1 Å². The zero-order valence-corrected chi connectivity index (χ0v) is 12.3. The van der Waals surface area contributed by atoms with Crippen LogP contribution in [0.15, 0.2) is 54.6 Å². The molecule has 0 aliphatic carbocycles. The van der Waals surface area contributed by atoms with Crippen molar-refractivity contribution in [2.45, 2.75) is 19.9 Å². The molecule has 0 fully saturated rings. The lowest BCUT2D eigenvalue weighted by Crippen LogP contribution is -2.25. The summed E-state index contributed by atoms with van der Waals surface area (Å²) in [6.45, 7) is 4.02. The van der Waals surface area contributed by atoms with E-state index in [1.54, 1.807) is 6.08 Å². The molecule has 0 radical (unpaired) electrons. The maximum absolute atomic E-state index is 12.0. The summed E-state index contributed by atoms with van der Waals surface area (Å²) in [7, 11) is 0. The molecule has 108 valence electrons. The fraction of sp³-hybridized carbons (Fsp3) is 0.167. The lowest BCUT2D eigenvalue weighted by atomic mass is 10.0. The van der Waals surface area contributed by atoms with Crippen LogP contribution >= 0.6 is 0 Å². The van der Waals surface area contributed by atoms with Crippen LogP contribution in [0.25, 0.3) is 6.08 Å². The maximum atomic E-state index is 12.0. The Labute approximate surface area is 125 Å². The molecule has 0 saturated carbocycles. The first-order chi connectivity index (χ1) is 10.1. The number of rotatable bonds is 4. The van der Waals surface area contributed by atoms with Gasteiger partial charge in [0.25, 0.3) is 0 Å². The first-order valence-electron chi connectivity index (χ1n) is 6.96. The molecule has 2 aromatic rings. The lowest BCUT2D eigenvalue weighted by molar-refractivity contribution is -0.117. The second kappa shape index (κ2) is 6.75. The lowest BCUT2D eigenvalue weighted by Gasteiger charge is -2.15. The number of carbonyl (C=O) groups is 1. The van der Waals surface area contributed by atoms with Gasteiger partial charge in [0.15, 0.2) is 0 Å². The third-order valence-corrected chi connectivity index (χ3v) is 3.35. The molecule has 0 saturated heterocycles. The van der Waals surface area contributed by atoms with E-state index < -0.39 is 0 Å². The Bertz CT molecular complexity index is 662.